The van der Waals surface area contributed by atoms with Crippen LogP contribution in [0.3, 0.4) is 0 Å². The molecule has 20 heavy (non-hydrogen) atoms. The average Bonchev–Trinajstić information content (AvgIpc) is 2.88. The van der Waals surface area contributed by atoms with Crippen molar-refractivity contribution in [1.82, 2.24) is 15.3 Å². The largest absolute Gasteiger partial charge is 0.476 e. The third kappa shape index (κ3) is 3.28. The summed E-state index contributed by atoms with van der Waals surface area (Å²) < 4.78 is 13.0. The lowest BCUT2D eigenvalue weighted by molar-refractivity contribution is 0.0691. The molecule has 0 saturated carbocycles. The number of carboxylic acids is 1. The van der Waals surface area contributed by atoms with Gasteiger partial charge in [0.15, 0.2) is 5.69 Å². The zero-order chi connectivity index (χ0) is 14.7. The standard InChI is InChI=1S/C11H7ClFN3O3S/c12-9-6(1-5(13)2-14-9)10(17)15-3-8-16-7(4-20-8)11(18)19/h1-2,4H,3H2,(H,15,17)(H,18,19). The topological polar surface area (TPSA) is 92.2 Å². The molecule has 6 nitrogen and oxygen atoms in total. The Kier molecular flexibility index (Phi) is 4.26. The summed E-state index contributed by atoms with van der Waals surface area (Å²) in [5.41, 5.74) is -0.189. The Morgan fingerprint density at radius 1 is 1.50 bits per heavy atom. The number of thiazole rings is 1. The van der Waals surface area contributed by atoms with E-state index < -0.39 is 17.7 Å². The Morgan fingerprint density at radius 2 is 2.25 bits per heavy atom. The van der Waals surface area contributed by atoms with Gasteiger partial charge in [0.25, 0.3) is 5.91 Å². The van der Waals surface area contributed by atoms with Crippen LogP contribution in [-0.4, -0.2) is 27.0 Å². The lowest BCUT2D eigenvalue weighted by Crippen LogP contribution is -2.23. The first kappa shape index (κ1) is 14.4. The van der Waals surface area contributed by atoms with Gasteiger partial charge in [-0.1, -0.05) is 11.6 Å². The summed E-state index contributed by atoms with van der Waals surface area (Å²) in [7, 11) is 0. The molecule has 9 heteroatoms. The Balaban J connectivity index is 2.04. The number of nitrogens with one attached hydrogen (secondary N) is 1. The number of aromatic nitrogens is 2. The Hall–Kier alpha value is -2.06. The van der Waals surface area contributed by atoms with E-state index in [4.69, 9.17) is 16.7 Å². The van der Waals surface area contributed by atoms with Gasteiger partial charge in [0.2, 0.25) is 0 Å². The Labute approximate surface area is 121 Å². The molecule has 0 aromatic carbocycles. The van der Waals surface area contributed by atoms with Gasteiger partial charge in [0.05, 0.1) is 18.3 Å². The number of aromatic carboxylic acids is 1. The van der Waals surface area contributed by atoms with Crippen molar-refractivity contribution in [3.05, 3.63) is 44.9 Å². The smallest absolute Gasteiger partial charge is 0.355 e. The minimum Gasteiger partial charge on any atom is -0.476 e. The van der Waals surface area contributed by atoms with Gasteiger partial charge in [0.1, 0.15) is 16.0 Å². The van der Waals surface area contributed by atoms with Crippen LogP contribution in [-0.2, 0) is 6.54 Å². The quantitative estimate of drug-likeness (QED) is 0.841. The lowest BCUT2D eigenvalue weighted by atomic mass is 10.2. The molecule has 0 radical (unpaired) electrons. The van der Waals surface area contributed by atoms with E-state index in [0.717, 1.165) is 23.6 Å². The van der Waals surface area contributed by atoms with Gasteiger partial charge in [-0.2, -0.15) is 0 Å². The first-order valence-electron chi connectivity index (χ1n) is 5.24. The summed E-state index contributed by atoms with van der Waals surface area (Å²) in [4.78, 5) is 29.8. The van der Waals surface area contributed by atoms with Crippen molar-refractivity contribution >= 4 is 34.8 Å². The van der Waals surface area contributed by atoms with Gasteiger partial charge in [-0.05, 0) is 6.07 Å². The molecular formula is C11H7ClFN3O3S. The van der Waals surface area contributed by atoms with Crippen LogP contribution in [0, 0.1) is 5.82 Å². The highest BCUT2D eigenvalue weighted by molar-refractivity contribution is 7.09. The zero-order valence-corrected chi connectivity index (χ0v) is 11.3. The molecule has 2 heterocycles. The fraction of sp³-hybridized carbons (Fsp3) is 0.0909. The number of carboxylic acid groups (broad SMARTS) is 1. The Morgan fingerprint density at radius 3 is 2.90 bits per heavy atom. The van der Waals surface area contributed by atoms with E-state index in [0.29, 0.717) is 5.01 Å². The molecule has 0 spiro atoms. The highest BCUT2D eigenvalue weighted by Crippen LogP contribution is 2.14. The molecule has 1 amide bonds. The van der Waals surface area contributed by atoms with Crippen molar-refractivity contribution < 1.29 is 19.1 Å². The van der Waals surface area contributed by atoms with Crippen LogP contribution in [0.15, 0.2) is 17.6 Å². The van der Waals surface area contributed by atoms with Gasteiger partial charge >= 0.3 is 5.97 Å². The highest BCUT2D eigenvalue weighted by atomic mass is 35.5. The van der Waals surface area contributed by atoms with E-state index in [9.17, 15) is 14.0 Å². The van der Waals surface area contributed by atoms with Gasteiger partial charge < -0.3 is 10.4 Å². The number of rotatable bonds is 4. The molecule has 0 aliphatic rings. The second-order valence-corrected chi connectivity index (χ2v) is 4.91. The summed E-state index contributed by atoms with van der Waals surface area (Å²) in [5.74, 6) is -2.44. The zero-order valence-electron chi connectivity index (χ0n) is 9.76. The predicted octanol–water partition coefficient (Wildman–Crippen LogP) is 1.96. The number of nitrogens with zero attached hydrogens (tertiary/aromatic N) is 2. The molecule has 2 N–H and O–H groups in total. The Bertz CT molecular complexity index is 677. The van der Waals surface area contributed by atoms with Crippen molar-refractivity contribution in [3.63, 3.8) is 0 Å². The van der Waals surface area contributed by atoms with Crippen LogP contribution in [0.2, 0.25) is 5.15 Å². The maximum atomic E-state index is 13.0. The molecule has 0 bridgehead atoms. The van der Waals surface area contributed by atoms with Crippen LogP contribution in [0.5, 0.6) is 0 Å². The summed E-state index contributed by atoms with van der Waals surface area (Å²) in [6.45, 7) is 0.0175. The third-order valence-corrected chi connectivity index (χ3v) is 3.37. The van der Waals surface area contributed by atoms with Crippen molar-refractivity contribution in [2.45, 2.75) is 6.54 Å². The number of amides is 1. The van der Waals surface area contributed by atoms with E-state index >= 15 is 0 Å². The molecule has 0 unspecified atom stereocenters. The number of carbonyl (C=O) groups is 2. The molecule has 0 atom stereocenters. The maximum absolute atomic E-state index is 13.0. The summed E-state index contributed by atoms with van der Waals surface area (Å²) >= 11 is 6.78. The van der Waals surface area contributed by atoms with Crippen LogP contribution in [0.1, 0.15) is 25.9 Å². The van der Waals surface area contributed by atoms with E-state index in [-0.39, 0.29) is 23.0 Å². The summed E-state index contributed by atoms with van der Waals surface area (Å²) in [5, 5.41) is 12.8. The number of hydrogen-bond acceptors (Lipinski definition) is 5. The molecule has 2 rings (SSSR count). The van der Waals surface area contributed by atoms with E-state index in [1.165, 1.54) is 5.38 Å². The number of halogens is 2. The number of pyridine rings is 1. The lowest BCUT2D eigenvalue weighted by Gasteiger charge is -2.04. The average molecular weight is 316 g/mol. The normalized spacial score (nSPS) is 10.3. The van der Waals surface area contributed by atoms with Gasteiger partial charge in [-0.3, -0.25) is 4.79 Å². The van der Waals surface area contributed by atoms with Crippen LogP contribution >= 0.6 is 22.9 Å². The predicted molar refractivity (Wildman–Crippen MR) is 69.4 cm³/mol. The van der Waals surface area contributed by atoms with Gasteiger partial charge in [-0.25, -0.2) is 19.2 Å². The monoisotopic (exact) mass is 315 g/mol. The SMILES string of the molecule is O=C(O)c1csc(CNC(=O)c2cc(F)cnc2Cl)n1. The second-order valence-electron chi connectivity index (χ2n) is 3.61. The van der Waals surface area contributed by atoms with Crippen LogP contribution < -0.4 is 5.32 Å². The molecule has 104 valence electrons. The molecule has 0 fully saturated rings. The van der Waals surface area contributed by atoms with Crippen LogP contribution in [0.25, 0.3) is 0 Å². The fourth-order valence-corrected chi connectivity index (χ4v) is 2.22. The van der Waals surface area contributed by atoms with Gasteiger partial charge in [0, 0.05) is 5.38 Å². The summed E-state index contributed by atoms with van der Waals surface area (Å²) in [6, 6.07) is 0.967. The molecule has 0 saturated heterocycles. The molecule has 0 aliphatic carbocycles. The summed E-state index contributed by atoms with van der Waals surface area (Å²) in [6.07, 6.45) is 0.902. The molecule has 2 aromatic rings. The van der Waals surface area contributed by atoms with Gasteiger partial charge in [-0.15, -0.1) is 11.3 Å². The second kappa shape index (κ2) is 5.93. The minimum absolute atomic E-state index is 0.0175. The van der Waals surface area contributed by atoms with Crippen molar-refractivity contribution in [1.29, 1.82) is 0 Å². The number of carbonyl (C=O) groups excluding carboxylic acids is 1. The van der Waals surface area contributed by atoms with E-state index in [2.05, 4.69) is 15.3 Å². The fourth-order valence-electron chi connectivity index (χ4n) is 1.32. The molecule has 2 aromatic heterocycles. The number of hydrogen-bond donors (Lipinski definition) is 2. The van der Waals surface area contributed by atoms with E-state index in [1.807, 2.05) is 0 Å². The first-order valence-corrected chi connectivity index (χ1v) is 6.50. The van der Waals surface area contributed by atoms with Crippen molar-refractivity contribution in [2.24, 2.45) is 0 Å². The minimum atomic E-state index is -1.14. The van der Waals surface area contributed by atoms with E-state index in [1.54, 1.807) is 0 Å². The first-order chi connectivity index (χ1) is 9.47. The van der Waals surface area contributed by atoms with Crippen molar-refractivity contribution in [2.75, 3.05) is 0 Å². The van der Waals surface area contributed by atoms with Crippen molar-refractivity contribution in [3.8, 4) is 0 Å². The highest BCUT2D eigenvalue weighted by Gasteiger charge is 2.14. The maximum Gasteiger partial charge on any atom is 0.355 e. The molecule has 0 aliphatic heterocycles. The third-order valence-electron chi connectivity index (χ3n) is 2.22. The van der Waals surface area contributed by atoms with Crippen LogP contribution in [0.4, 0.5) is 4.39 Å². The molecular weight excluding hydrogens is 309 g/mol.